The van der Waals surface area contributed by atoms with Crippen molar-refractivity contribution < 1.29 is 4.74 Å². The van der Waals surface area contributed by atoms with Gasteiger partial charge >= 0.3 is 0 Å². The highest BCUT2D eigenvalue weighted by molar-refractivity contribution is 5.28. The molecule has 1 atom stereocenters. The highest BCUT2D eigenvalue weighted by atomic mass is 16.5. The quantitative estimate of drug-likeness (QED) is 0.774. The van der Waals surface area contributed by atoms with Gasteiger partial charge in [-0.15, -0.1) is 0 Å². The Labute approximate surface area is 92.6 Å². The van der Waals surface area contributed by atoms with Gasteiger partial charge in [-0.1, -0.05) is 19.1 Å². The van der Waals surface area contributed by atoms with E-state index in [9.17, 15) is 0 Å². The molecule has 1 N–H and O–H groups in total. The van der Waals surface area contributed by atoms with Gasteiger partial charge in [0, 0.05) is 12.6 Å². The van der Waals surface area contributed by atoms with E-state index in [1.54, 1.807) is 0 Å². The molecule has 0 spiro atoms. The summed E-state index contributed by atoms with van der Waals surface area (Å²) in [5.74, 6) is 0.959. The number of benzene rings is 1. The van der Waals surface area contributed by atoms with Gasteiger partial charge in [0.25, 0.3) is 0 Å². The molecule has 0 heterocycles. The van der Waals surface area contributed by atoms with Crippen LogP contribution >= 0.6 is 0 Å². The predicted octanol–water partition coefficient (Wildman–Crippen LogP) is 2.97. The third kappa shape index (κ3) is 4.34. The Morgan fingerprint density at radius 3 is 2.80 bits per heavy atom. The summed E-state index contributed by atoms with van der Waals surface area (Å²) in [7, 11) is 0. The number of hydrogen-bond acceptors (Lipinski definition) is 2. The molecular weight excluding hydrogens is 186 g/mol. The summed E-state index contributed by atoms with van der Waals surface area (Å²) in [5, 5.41) is 3.46. The molecule has 0 aliphatic rings. The van der Waals surface area contributed by atoms with Crippen LogP contribution in [-0.4, -0.2) is 12.6 Å². The summed E-state index contributed by atoms with van der Waals surface area (Å²) >= 11 is 0. The maximum atomic E-state index is 5.45. The van der Waals surface area contributed by atoms with E-state index >= 15 is 0 Å². The number of hydrogen-bond donors (Lipinski definition) is 1. The molecule has 0 bridgehead atoms. The molecule has 0 aliphatic carbocycles. The number of nitrogens with one attached hydrogen (secondary N) is 1. The van der Waals surface area contributed by atoms with Crippen molar-refractivity contribution in [3.05, 3.63) is 29.8 Å². The van der Waals surface area contributed by atoms with Crippen LogP contribution < -0.4 is 10.1 Å². The zero-order chi connectivity index (χ0) is 11.1. The molecule has 84 valence electrons. The van der Waals surface area contributed by atoms with E-state index in [2.05, 4.69) is 31.3 Å². The van der Waals surface area contributed by atoms with Crippen LogP contribution in [-0.2, 0) is 6.54 Å². The van der Waals surface area contributed by atoms with Crippen molar-refractivity contribution >= 4 is 0 Å². The van der Waals surface area contributed by atoms with Crippen LogP contribution in [0.5, 0.6) is 5.75 Å². The minimum atomic E-state index is 0.570. The average Bonchev–Trinajstić information content (AvgIpc) is 2.27. The molecule has 0 amide bonds. The molecule has 1 aromatic rings. The fourth-order valence-electron chi connectivity index (χ4n) is 1.35. The van der Waals surface area contributed by atoms with Crippen LogP contribution in [0.3, 0.4) is 0 Å². The molecule has 0 radical (unpaired) electrons. The fourth-order valence-corrected chi connectivity index (χ4v) is 1.35. The second-order valence-corrected chi connectivity index (χ2v) is 3.77. The van der Waals surface area contributed by atoms with Crippen LogP contribution in [0.25, 0.3) is 0 Å². The van der Waals surface area contributed by atoms with Gasteiger partial charge in [0.2, 0.25) is 0 Å². The van der Waals surface area contributed by atoms with Crippen molar-refractivity contribution in [3.8, 4) is 5.75 Å². The second-order valence-electron chi connectivity index (χ2n) is 3.77. The molecule has 0 saturated carbocycles. The van der Waals surface area contributed by atoms with Crippen LogP contribution in [0, 0.1) is 0 Å². The molecule has 0 aliphatic heterocycles. The van der Waals surface area contributed by atoms with Crippen LogP contribution in [0.15, 0.2) is 24.3 Å². The number of rotatable bonds is 6. The molecule has 0 unspecified atom stereocenters. The third-order valence-corrected chi connectivity index (χ3v) is 2.48. The van der Waals surface area contributed by atoms with E-state index in [4.69, 9.17) is 4.74 Å². The highest BCUT2D eigenvalue weighted by Gasteiger charge is 1.99. The molecule has 0 aromatic heterocycles. The van der Waals surface area contributed by atoms with Crippen LogP contribution in [0.4, 0.5) is 0 Å². The Balaban J connectivity index is 2.50. The van der Waals surface area contributed by atoms with Crippen molar-refractivity contribution in [2.75, 3.05) is 6.61 Å². The molecule has 15 heavy (non-hydrogen) atoms. The zero-order valence-electron chi connectivity index (χ0n) is 9.92. The van der Waals surface area contributed by atoms with Crippen LogP contribution in [0.2, 0.25) is 0 Å². The molecular formula is C13H21NO. The summed E-state index contributed by atoms with van der Waals surface area (Å²) in [6.07, 6.45) is 1.16. The van der Waals surface area contributed by atoms with E-state index in [-0.39, 0.29) is 0 Å². The molecule has 1 rings (SSSR count). The lowest BCUT2D eigenvalue weighted by atomic mass is 10.2. The Morgan fingerprint density at radius 1 is 1.33 bits per heavy atom. The largest absolute Gasteiger partial charge is 0.494 e. The molecule has 0 saturated heterocycles. The van der Waals surface area contributed by atoms with Crippen molar-refractivity contribution in [1.82, 2.24) is 5.32 Å². The third-order valence-electron chi connectivity index (χ3n) is 2.48. The van der Waals surface area contributed by atoms with E-state index in [1.165, 1.54) is 5.56 Å². The van der Waals surface area contributed by atoms with Crippen molar-refractivity contribution in [3.63, 3.8) is 0 Å². The molecule has 0 fully saturated rings. The SMILES string of the molecule is CCOc1cccc(CN[C@@H](C)CC)c1. The Kier molecular flexibility index (Phi) is 5.19. The van der Waals surface area contributed by atoms with E-state index in [0.717, 1.165) is 25.3 Å². The minimum Gasteiger partial charge on any atom is -0.494 e. The zero-order valence-corrected chi connectivity index (χ0v) is 9.92. The summed E-state index contributed by atoms with van der Waals surface area (Å²) in [4.78, 5) is 0. The first-order valence-electron chi connectivity index (χ1n) is 5.71. The topological polar surface area (TPSA) is 21.3 Å². The standard InChI is InChI=1S/C13H21NO/c1-4-11(3)14-10-12-7-6-8-13(9-12)15-5-2/h6-9,11,14H,4-5,10H2,1-3H3/t11-/m0/s1. The molecule has 2 heteroatoms. The van der Waals surface area contributed by atoms with Gasteiger partial charge in [0.1, 0.15) is 5.75 Å². The summed E-state index contributed by atoms with van der Waals surface area (Å²) in [6.45, 7) is 8.03. The van der Waals surface area contributed by atoms with Crippen molar-refractivity contribution in [1.29, 1.82) is 0 Å². The van der Waals surface area contributed by atoms with Gasteiger partial charge in [-0.25, -0.2) is 0 Å². The summed E-state index contributed by atoms with van der Waals surface area (Å²) in [5.41, 5.74) is 1.28. The molecule has 2 nitrogen and oxygen atoms in total. The van der Waals surface area contributed by atoms with Gasteiger partial charge in [0.05, 0.1) is 6.61 Å². The van der Waals surface area contributed by atoms with Gasteiger partial charge < -0.3 is 10.1 Å². The average molecular weight is 207 g/mol. The van der Waals surface area contributed by atoms with Gasteiger partial charge in [-0.05, 0) is 38.0 Å². The van der Waals surface area contributed by atoms with Crippen molar-refractivity contribution in [2.45, 2.75) is 39.8 Å². The molecule has 1 aromatic carbocycles. The van der Waals surface area contributed by atoms with E-state index in [1.807, 2.05) is 19.1 Å². The first-order valence-corrected chi connectivity index (χ1v) is 5.71. The van der Waals surface area contributed by atoms with Gasteiger partial charge in [-0.3, -0.25) is 0 Å². The monoisotopic (exact) mass is 207 g/mol. The first kappa shape index (κ1) is 12.1. The maximum Gasteiger partial charge on any atom is 0.119 e. The fraction of sp³-hybridized carbons (Fsp3) is 0.538. The predicted molar refractivity (Wildman–Crippen MR) is 64.2 cm³/mol. The second kappa shape index (κ2) is 6.46. The maximum absolute atomic E-state index is 5.45. The summed E-state index contributed by atoms with van der Waals surface area (Å²) < 4.78 is 5.45. The van der Waals surface area contributed by atoms with E-state index < -0.39 is 0 Å². The Hall–Kier alpha value is -1.02. The van der Waals surface area contributed by atoms with Crippen molar-refractivity contribution in [2.24, 2.45) is 0 Å². The minimum absolute atomic E-state index is 0.570. The smallest absolute Gasteiger partial charge is 0.119 e. The van der Waals surface area contributed by atoms with E-state index in [0.29, 0.717) is 6.04 Å². The van der Waals surface area contributed by atoms with Crippen LogP contribution in [0.1, 0.15) is 32.8 Å². The normalized spacial score (nSPS) is 12.5. The highest BCUT2D eigenvalue weighted by Crippen LogP contribution is 2.13. The Bertz CT molecular complexity index is 286. The Morgan fingerprint density at radius 2 is 2.13 bits per heavy atom. The van der Waals surface area contributed by atoms with Gasteiger partial charge in [-0.2, -0.15) is 0 Å². The lowest BCUT2D eigenvalue weighted by molar-refractivity contribution is 0.339. The summed E-state index contributed by atoms with van der Waals surface area (Å²) in [6, 6.07) is 8.83. The lowest BCUT2D eigenvalue weighted by Gasteiger charge is -2.12. The lowest BCUT2D eigenvalue weighted by Crippen LogP contribution is -2.24. The first-order chi connectivity index (χ1) is 7.26. The number of ether oxygens (including phenoxy) is 1. The van der Waals surface area contributed by atoms with Gasteiger partial charge in [0.15, 0.2) is 0 Å².